The maximum atomic E-state index is 6.19. The standard InChI is InChI=1S/C16H21NO2/c1-2-8-16(9-3-1)18-14-7-6-12(11-15(14)19-16)13-5-4-10-17-13/h6-7,11,13,17H,1-5,8-10H2. The molecule has 19 heavy (non-hydrogen) atoms. The van der Waals surface area contributed by atoms with Crippen molar-refractivity contribution in [2.24, 2.45) is 0 Å². The van der Waals surface area contributed by atoms with Gasteiger partial charge in [-0.1, -0.05) is 12.5 Å². The summed E-state index contributed by atoms with van der Waals surface area (Å²) in [4.78, 5) is 0. The summed E-state index contributed by atoms with van der Waals surface area (Å²) in [6, 6.07) is 6.96. The van der Waals surface area contributed by atoms with Gasteiger partial charge in [0.05, 0.1) is 0 Å². The first-order valence-corrected chi connectivity index (χ1v) is 7.60. The molecule has 4 rings (SSSR count). The Bertz CT molecular complexity index is 474. The van der Waals surface area contributed by atoms with Gasteiger partial charge in [-0.2, -0.15) is 0 Å². The van der Waals surface area contributed by atoms with E-state index in [1.807, 2.05) is 0 Å². The molecule has 1 spiro atoms. The van der Waals surface area contributed by atoms with Crippen LogP contribution in [0.15, 0.2) is 18.2 Å². The van der Waals surface area contributed by atoms with Crippen LogP contribution in [-0.2, 0) is 0 Å². The van der Waals surface area contributed by atoms with Crippen LogP contribution in [0.25, 0.3) is 0 Å². The summed E-state index contributed by atoms with van der Waals surface area (Å²) < 4.78 is 12.3. The van der Waals surface area contributed by atoms with E-state index in [9.17, 15) is 0 Å². The number of ether oxygens (including phenoxy) is 2. The Morgan fingerprint density at radius 3 is 2.63 bits per heavy atom. The second-order valence-electron chi connectivity index (χ2n) is 6.03. The van der Waals surface area contributed by atoms with E-state index < -0.39 is 0 Å². The third-order valence-corrected chi connectivity index (χ3v) is 4.64. The van der Waals surface area contributed by atoms with Gasteiger partial charge in [0.25, 0.3) is 5.79 Å². The van der Waals surface area contributed by atoms with Crippen molar-refractivity contribution in [1.82, 2.24) is 5.32 Å². The molecule has 2 fully saturated rings. The van der Waals surface area contributed by atoms with Crippen LogP contribution in [0.5, 0.6) is 11.5 Å². The van der Waals surface area contributed by atoms with Gasteiger partial charge in [-0.25, -0.2) is 0 Å². The fraction of sp³-hybridized carbons (Fsp3) is 0.625. The second-order valence-corrected chi connectivity index (χ2v) is 6.03. The lowest BCUT2D eigenvalue weighted by molar-refractivity contribution is -0.105. The molecule has 102 valence electrons. The zero-order chi connectivity index (χ0) is 12.7. The summed E-state index contributed by atoms with van der Waals surface area (Å²) in [6.45, 7) is 1.13. The van der Waals surface area contributed by atoms with Crippen molar-refractivity contribution in [1.29, 1.82) is 0 Å². The van der Waals surface area contributed by atoms with Crippen LogP contribution in [0.3, 0.4) is 0 Å². The Balaban J connectivity index is 1.59. The Kier molecular flexibility index (Phi) is 2.69. The number of rotatable bonds is 1. The van der Waals surface area contributed by atoms with E-state index in [4.69, 9.17) is 9.47 Å². The molecule has 1 aromatic carbocycles. The monoisotopic (exact) mass is 259 g/mol. The van der Waals surface area contributed by atoms with Crippen molar-refractivity contribution >= 4 is 0 Å². The predicted molar refractivity (Wildman–Crippen MR) is 73.5 cm³/mol. The van der Waals surface area contributed by atoms with Gasteiger partial charge in [-0.15, -0.1) is 0 Å². The minimum atomic E-state index is -0.345. The number of fused-ring (bicyclic) bond motifs is 1. The largest absolute Gasteiger partial charge is 0.448 e. The van der Waals surface area contributed by atoms with Gasteiger partial charge in [-0.05, 0) is 49.9 Å². The molecule has 1 saturated carbocycles. The Morgan fingerprint density at radius 2 is 1.84 bits per heavy atom. The van der Waals surface area contributed by atoms with Crippen LogP contribution < -0.4 is 14.8 Å². The molecule has 3 nitrogen and oxygen atoms in total. The van der Waals surface area contributed by atoms with E-state index in [0.29, 0.717) is 6.04 Å². The molecule has 2 heterocycles. The van der Waals surface area contributed by atoms with Gasteiger partial charge in [0, 0.05) is 18.9 Å². The molecule has 0 bridgehead atoms. The summed E-state index contributed by atoms with van der Waals surface area (Å²) in [5.41, 5.74) is 1.34. The second kappa shape index (κ2) is 4.41. The van der Waals surface area contributed by atoms with E-state index in [1.165, 1.54) is 37.7 Å². The van der Waals surface area contributed by atoms with Gasteiger partial charge in [0.2, 0.25) is 0 Å². The van der Waals surface area contributed by atoms with Gasteiger partial charge < -0.3 is 14.8 Å². The van der Waals surface area contributed by atoms with Crippen molar-refractivity contribution in [2.45, 2.75) is 56.8 Å². The third-order valence-electron chi connectivity index (χ3n) is 4.64. The van der Waals surface area contributed by atoms with Gasteiger partial charge in [-0.3, -0.25) is 0 Å². The van der Waals surface area contributed by atoms with Crippen molar-refractivity contribution in [3.63, 3.8) is 0 Å². The molecule has 1 aliphatic carbocycles. The predicted octanol–water partition coefficient (Wildman–Crippen LogP) is 3.54. The summed E-state index contributed by atoms with van der Waals surface area (Å²) in [6.07, 6.45) is 8.28. The van der Waals surface area contributed by atoms with Crippen molar-refractivity contribution < 1.29 is 9.47 Å². The quantitative estimate of drug-likeness (QED) is 0.836. The topological polar surface area (TPSA) is 30.5 Å². The number of hydrogen-bond acceptors (Lipinski definition) is 3. The molecule has 1 aromatic rings. The zero-order valence-electron chi connectivity index (χ0n) is 11.3. The minimum Gasteiger partial charge on any atom is -0.448 e. The van der Waals surface area contributed by atoms with Gasteiger partial charge >= 0.3 is 0 Å². The maximum absolute atomic E-state index is 6.19. The van der Waals surface area contributed by atoms with Crippen LogP contribution in [0.4, 0.5) is 0 Å². The first-order valence-electron chi connectivity index (χ1n) is 7.60. The number of benzene rings is 1. The molecule has 1 atom stereocenters. The molecule has 0 radical (unpaired) electrons. The molecule has 3 aliphatic rings. The Morgan fingerprint density at radius 1 is 1.00 bits per heavy atom. The van der Waals surface area contributed by atoms with Crippen molar-refractivity contribution in [2.75, 3.05) is 6.54 Å². The summed E-state index contributed by atoms with van der Waals surface area (Å²) in [5.74, 6) is 1.54. The lowest BCUT2D eigenvalue weighted by Gasteiger charge is -2.31. The molecule has 0 aromatic heterocycles. The maximum Gasteiger partial charge on any atom is 0.251 e. The SMILES string of the molecule is c1cc2c(cc1C1CCCN1)OC1(CCCCC1)O2. The first-order chi connectivity index (χ1) is 9.35. The zero-order valence-corrected chi connectivity index (χ0v) is 11.3. The summed E-state index contributed by atoms with van der Waals surface area (Å²) in [5, 5.41) is 3.54. The Labute approximate surface area is 114 Å². The van der Waals surface area contributed by atoms with Crippen molar-refractivity contribution in [3.05, 3.63) is 23.8 Å². The normalized spacial score (nSPS) is 27.9. The average molecular weight is 259 g/mol. The van der Waals surface area contributed by atoms with Crippen LogP contribution in [0, 0.1) is 0 Å². The van der Waals surface area contributed by atoms with Crippen LogP contribution in [-0.4, -0.2) is 12.3 Å². The summed E-state index contributed by atoms with van der Waals surface area (Å²) >= 11 is 0. The lowest BCUT2D eigenvalue weighted by Crippen LogP contribution is -2.40. The highest BCUT2D eigenvalue weighted by molar-refractivity contribution is 5.47. The first kappa shape index (κ1) is 11.6. The lowest BCUT2D eigenvalue weighted by atomic mass is 9.94. The average Bonchev–Trinajstić information content (AvgIpc) is 3.05. The molecule has 1 unspecified atom stereocenters. The highest BCUT2D eigenvalue weighted by Gasteiger charge is 2.42. The molecule has 0 amide bonds. The highest BCUT2D eigenvalue weighted by atomic mass is 16.7. The molecule has 3 heteroatoms. The third kappa shape index (κ3) is 2.00. The van der Waals surface area contributed by atoms with Crippen LogP contribution in [0.2, 0.25) is 0 Å². The fourth-order valence-electron chi connectivity index (χ4n) is 3.59. The van der Waals surface area contributed by atoms with Gasteiger partial charge in [0.1, 0.15) is 0 Å². The molecule has 2 aliphatic heterocycles. The highest BCUT2D eigenvalue weighted by Crippen LogP contribution is 2.46. The van der Waals surface area contributed by atoms with Gasteiger partial charge in [0.15, 0.2) is 11.5 Å². The van der Waals surface area contributed by atoms with E-state index in [1.54, 1.807) is 0 Å². The Hall–Kier alpha value is -1.22. The van der Waals surface area contributed by atoms with E-state index in [-0.39, 0.29) is 5.79 Å². The van der Waals surface area contributed by atoms with Crippen molar-refractivity contribution in [3.8, 4) is 11.5 Å². The number of hydrogen-bond donors (Lipinski definition) is 1. The molecular formula is C16H21NO2. The molecular weight excluding hydrogens is 238 g/mol. The van der Waals surface area contributed by atoms with E-state index in [0.717, 1.165) is 30.9 Å². The molecule has 1 saturated heterocycles. The van der Waals surface area contributed by atoms with Crippen LogP contribution in [0.1, 0.15) is 56.6 Å². The summed E-state index contributed by atoms with van der Waals surface area (Å²) in [7, 11) is 0. The smallest absolute Gasteiger partial charge is 0.251 e. The fourth-order valence-corrected chi connectivity index (χ4v) is 3.59. The number of nitrogens with one attached hydrogen (secondary N) is 1. The van der Waals surface area contributed by atoms with E-state index >= 15 is 0 Å². The molecule has 1 N–H and O–H groups in total. The van der Waals surface area contributed by atoms with E-state index in [2.05, 4.69) is 23.5 Å². The minimum absolute atomic E-state index is 0.345. The van der Waals surface area contributed by atoms with Crippen LogP contribution >= 0.6 is 0 Å².